The minimum atomic E-state index is -0.0815. The molecule has 4 aromatic rings. The molecule has 0 fully saturated rings. The number of H-pyrrole nitrogens is 1. The summed E-state index contributed by atoms with van der Waals surface area (Å²) in [4.78, 5) is 14.2. The molecule has 3 aromatic carbocycles. The number of allylic oxidation sites excluding steroid dienone is 1. The maximum absolute atomic E-state index is 12.0. The van der Waals surface area contributed by atoms with Gasteiger partial charge in [-0.05, 0) is 65.7 Å². The van der Waals surface area contributed by atoms with Gasteiger partial charge in [0.2, 0.25) is 0 Å². The second-order valence-corrected chi connectivity index (χ2v) is 9.14. The molecule has 5 nitrogen and oxygen atoms in total. The summed E-state index contributed by atoms with van der Waals surface area (Å²) < 4.78 is 6.65. The summed E-state index contributed by atoms with van der Waals surface area (Å²) in [6.45, 7) is 8.46. The number of halogens is 1. The van der Waals surface area contributed by atoms with Crippen LogP contribution < -0.4 is 15.2 Å². The average molecular weight is 474 g/mol. The zero-order valence-corrected chi connectivity index (χ0v) is 20.6. The molecular weight excluding hydrogens is 446 g/mol. The Labute approximate surface area is 204 Å². The summed E-state index contributed by atoms with van der Waals surface area (Å²) in [5.41, 5.74) is 6.05. The van der Waals surface area contributed by atoms with Gasteiger partial charge in [0, 0.05) is 34.9 Å². The molecular formula is C28H28ClN3O2. The lowest BCUT2D eigenvalue weighted by atomic mass is 9.84. The molecule has 0 bridgehead atoms. The standard InChI is InChI=1S/C16H14N2O2.C12H14ClN/c1-20-14-9-7-12(8-10-14)15-11-16(19)18(17-15)13-5-3-2-4-6-13;1-8-12(2,3)10-7-9(13)5-6-11(10)14(8)4/h2-11,17H,1H3;5-7H,1H2,2-4H3. The van der Waals surface area contributed by atoms with E-state index in [4.69, 9.17) is 16.3 Å². The van der Waals surface area contributed by atoms with E-state index in [-0.39, 0.29) is 11.0 Å². The van der Waals surface area contributed by atoms with E-state index in [1.165, 1.54) is 15.9 Å². The number of aromatic nitrogens is 2. The van der Waals surface area contributed by atoms with E-state index in [0.29, 0.717) is 0 Å². The van der Waals surface area contributed by atoms with E-state index in [2.05, 4.69) is 36.5 Å². The zero-order chi connectivity index (χ0) is 24.5. The van der Waals surface area contributed by atoms with Crippen LogP contribution in [0.25, 0.3) is 16.9 Å². The number of para-hydroxylation sites is 1. The minimum Gasteiger partial charge on any atom is -0.497 e. The number of methoxy groups -OCH3 is 1. The molecule has 0 saturated carbocycles. The largest absolute Gasteiger partial charge is 0.497 e. The summed E-state index contributed by atoms with van der Waals surface area (Å²) in [6.07, 6.45) is 0. The molecule has 0 amide bonds. The summed E-state index contributed by atoms with van der Waals surface area (Å²) in [6, 6.07) is 24.7. The molecule has 0 radical (unpaired) electrons. The molecule has 0 unspecified atom stereocenters. The molecule has 1 aliphatic heterocycles. The minimum absolute atomic E-state index is 0.00498. The zero-order valence-electron chi connectivity index (χ0n) is 19.8. The number of hydrogen-bond acceptors (Lipinski definition) is 3. The van der Waals surface area contributed by atoms with Crippen LogP contribution in [-0.2, 0) is 5.41 Å². The fourth-order valence-corrected chi connectivity index (χ4v) is 4.28. The van der Waals surface area contributed by atoms with Crippen LogP contribution in [0, 0.1) is 0 Å². The van der Waals surface area contributed by atoms with Gasteiger partial charge in [0.05, 0.1) is 18.5 Å². The van der Waals surface area contributed by atoms with Crippen LogP contribution >= 0.6 is 11.6 Å². The molecule has 34 heavy (non-hydrogen) atoms. The second-order valence-electron chi connectivity index (χ2n) is 8.70. The van der Waals surface area contributed by atoms with Crippen molar-refractivity contribution in [1.82, 2.24) is 9.78 Å². The van der Waals surface area contributed by atoms with Crippen molar-refractivity contribution in [1.29, 1.82) is 0 Å². The number of ether oxygens (including phenoxy) is 1. The topological polar surface area (TPSA) is 50.3 Å². The molecule has 0 aliphatic carbocycles. The summed E-state index contributed by atoms with van der Waals surface area (Å²) >= 11 is 6.00. The highest BCUT2D eigenvalue weighted by molar-refractivity contribution is 6.30. The highest BCUT2D eigenvalue weighted by Crippen LogP contribution is 2.46. The Kier molecular flexibility index (Phi) is 6.40. The molecule has 0 saturated heterocycles. The van der Waals surface area contributed by atoms with Crippen molar-refractivity contribution in [3.05, 3.63) is 112 Å². The highest BCUT2D eigenvalue weighted by atomic mass is 35.5. The molecule has 1 aliphatic rings. The maximum atomic E-state index is 12.0. The predicted octanol–water partition coefficient (Wildman–Crippen LogP) is 6.42. The Bertz CT molecular complexity index is 1370. The number of benzene rings is 3. The van der Waals surface area contributed by atoms with Crippen molar-refractivity contribution < 1.29 is 4.74 Å². The van der Waals surface area contributed by atoms with Crippen molar-refractivity contribution in [2.75, 3.05) is 19.1 Å². The van der Waals surface area contributed by atoms with Gasteiger partial charge in [0.15, 0.2) is 0 Å². The molecule has 0 atom stereocenters. The van der Waals surface area contributed by atoms with Crippen LogP contribution in [0.1, 0.15) is 19.4 Å². The molecule has 6 heteroatoms. The van der Waals surface area contributed by atoms with Gasteiger partial charge in [-0.2, -0.15) is 0 Å². The lowest BCUT2D eigenvalue weighted by molar-refractivity contribution is 0.415. The third kappa shape index (κ3) is 4.39. The number of nitrogens with one attached hydrogen (secondary N) is 1. The number of aromatic amines is 1. The van der Waals surface area contributed by atoms with E-state index in [0.717, 1.165) is 33.4 Å². The SMILES string of the molecule is C=C1N(C)c2ccc(Cl)cc2C1(C)C.COc1ccc(-c2cc(=O)n(-c3ccccc3)[nH]2)cc1. The van der Waals surface area contributed by atoms with Crippen LogP contribution in [0.5, 0.6) is 5.75 Å². The van der Waals surface area contributed by atoms with Crippen molar-refractivity contribution in [3.8, 4) is 22.7 Å². The van der Waals surface area contributed by atoms with E-state index in [9.17, 15) is 4.79 Å². The van der Waals surface area contributed by atoms with Gasteiger partial charge >= 0.3 is 0 Å². The lowest BCUT2D eigenvalue weighted by Crippen LogP contribution is -2.21. The van der Waals surface area contributed by atoms with E-state index in [1.807, 2.05) is 73.8 Å². The Morgan fingerprint density at radius 3 is 2.29 bits per heavy atom. The summed E-state index contributed by atoms with van der Waals surface area (Å²) in [5, 5.41) is 3.91. The van der Waals surface area contributed by atoms with Gasteiger partial charge in [-0.15, -0.1) is 0 Å². The number of nitrogens with zero attached hydrogens (tertiary/aromatic N) is 2. The van der Waals surface area contributed by atoms with Gasteiger partial charge in [-0.25, -0.2) is 4.68 Å². The number of anilines is 1. The molecule has 2 heterocycles. The fraction of sp³-hybridized carbons (Fsp3) is 0.179. The van der Waals surface area contributed by atoms with Crippen molar-refractivity contribution >= 4 is 17.3 Å². The number of hydrogen-bond donors (Lipinski definition) is 1. The van der Waals surface area contributed by atoms with Crippen molar-refractivity contribution in [2.45, 2.75) is 19.3 Å². The van der Waals surface area contributed by atoms with Gasteiger partial charge in [-0.1, -0.05) is 50.2 Å². The lowest BCUT2D eigenvalue weighted by Gasteiger charge is -2.22. The Morgan fingerprint density at radius 1 is 0.971 bits per heavy atom. The fourth-order valence-electron chi connectivity index (χ4n) is 4.10. The average Bonchev–Trinajstić information content (AvgIpc) is 3.32. The van der Waals surface area contributed by atoms with Gasteiger partial charge in [-0.3, -0.25) is 9.89 Å². The summed E-state index contributed by atoms with van der Waals surface area (Å²) in [5.74, 6) is 0.790. The van der Waals surface area contributed by atoms with Crippen molar-refractivity contribution in [2.24, 2.45) is 0 Å². The molecule has 1 N–H and O–H groups in total. The molecule has 1 aromatic heterocycles. The Balaban J connectivity index is 0.000000172. The number of fused-ring (bicyclic) bond motifs is 1. The molecule has 174 valence electrons. The first-order valence-corrected chi connectivity index (χ1v) is 11.3. The third-order valence-corrected chi connectivity index (χ3v) is 6.49. The second kappa shape index (κ2) is 9.27. The Hall–Kier alpha value is -3.70. The van der Waals surface area contributed by atoms with Crippen LogP contribution in [0.2, 0.25) is 5.02 Å². The van der Waals surface area contributed by atoms with E-state index in [1.54, 1.807) is 13.2 Å². The first kappa shape index (κ1) is 23.5. The van der Waals surface area contributed by atoms with Gasteiger partial charge < -0.3 is 9.64 Å². The first-order valence-electron chi connectivity index (χ1n) is 11.0. The first-order chi connectivity index (χ1) is 16.2. The van der Waals surface area contributed by atoms with Gasteiger partial charge in [0.25, 0.3) is 5.56 Å². The van der Waals surface area contributed by atoms with Crippen molar-refractivity contribution in [3.63, 3.8) is 0 Å². The predicted molar refractivity (Wildman–Crippen MR) is 140 cm³/mol. The molecule has 5 rings (SSSR count). The van der Waals surface area contributed by atoms with Crippen LogP contribution in [0.4, 0.5) is 5.69 Å². The smallest absolute Gasteiger partial charge is 0.271 e. The summed E-state index contributed by atoms with van der Waals surface area (Å²) in [7, 11) is 3.67. The Morgan fingerprint density at radius 2 is 1.65 bits per heavy atom. The third-order valence-electron chi connectivity index (χ3n) is 6.26. The monoisotopic (exact) mass is 473 g/mol. The highest BCUT2D eigenvalue weighted by Gasteiger charge is 2.37. The molecule has 0 spiro atoms. The van der Waals surface area contributed by atoms with Gasteiger partial charge in [0.1, 0.15) is 5.75 Å². The normalized spacial score (nSPS) is 13.8. The van der Waals surface area contributed by atoms with Crippen LogP contribution in [0.3, 0.4) is 0 Å². The van der Waals surface area contributed by atoms with Crippen LogP contribution in [-0.4, -0.2) is 23.9 Å². The quantitative estimate of drug-likeness (QED) is 0.373. The maximum Gasteiger partial charge on any atom is 0.271 e. The number of rotatable bonds is 3. The van der Waals surface area contributed by atoms with Crippen LogP contribution in [0.15, 0.2) is 95.9 Å². The van der Waals surface area contributed by atoms with E-state index < -0.39 is 0 Å². The number of likely N-dealkylation sites (N-methyl/N-ethyl adjacent to an activating group) is 1. The van der Waals surface area contributed by atoms with E-state index >= 15 is 0 Å².